The average Bonchev–Trinajstić information content (AvgIpc) is 2.81. The largest absolute Gasteiger partial charge is 0.481 e. The van der Waals surface area contributed by atoms with Crippen molar-refractivity contribution in [2.45, 2.75) is 45.6 Å². The van der Waals surface area contributed by atoms with Crippen LogP contribution in [0.25, 0.3) is 0 Å². The molecule has 2 amide bonds. The lowest BCUT2D eigenvalue weighted by Crippen LogP contribution is -2.52. The predicted octanol–water partition coefficient (Wildman–Crippen LogP) is 1.39. The van der Waals surface area contributed by atoms with E-state index in [1.807, 2.05) is 13.8 Å². The summed E-state index contributed by atoms with van der Waals surface area (Å²) in [5.41, 5.74) is -0.833. The second kappa shape index (κ2) is 6.22. The minimum absolute atomic E-state index is 0.0113. The van der Waals surface area contributed by atoms with E-state index in [0.29, 0.717) is 19.5 Å². The summed E-state index contributed by atoms with van der Waals surface area (Å²) in [4.78, 5) is 27.7. The van der Waals surface area contributed by atoms with Crippen molar-refractivity contribution in [3.05, 3.63) is 0 Å². The van der Waals surface area contributed by atoms with Gasteiger partial charge >= 0.3 is 12.0 Å². The van der Waals surface area contributed by atoms with Gasteiger partial charge in [-0.25, -0.2) is 4.79 Å². The molecule has 6 nitrogen and oxygen atoms in total. The Morgan fingerprint density at radius 2 is 2.05 bits per heavy atom. The van der Waals surface area contributed by atoms with E-state index in [1.54, 1.807) is 9.80 Å². The number of hydrogen-bond donors (Lipinski definition) is 2. The second-order valence-corrected chi connectivity index (χ2v) is 6.57. The Kier molecular flexibility index (Phi) is 4.76. The highest BCUT2D eigenvalue weighted by atomic mass is 16.4. The average molecular weight is 298 g/mol. The molecule has 1 atom stereocenters. The molecule has 0 aromatic carbocycles. The van der Waals surface area contributed by atoms with Crippen molar-refractivity contribution in [1.29, 1.82) is 0 Å². The molecule has 2 N–H and O–H groups in total. The smallest absolute Gasteiger partial charge is 0.320 e. The van der Waals surface area contributed by atoms with E-state index >= 15 is 0 Å². The van der Waals surface area contributed by atoms with E-state index in [9.17, 15) is 14.7 Å². The standard InChI is InChI=1S/C15H26N2O4/c1-11(2)15(13(19)20)6-7-16(10-15)14(21)17(8-9-18)12-4-3-5-12/h11-12,18H,3-10H2,1-2H3,(H,19,20). The normalized spacial score (nSPS) is 26.0. The van der Waals surface area contributed by atoms with Crippen LogP contribution < -0.4 is 0 Å². The molecule has 0 radical (unpaired) electrons. The third-order valence-corrected chi connectivity index (χ3v) is 5.20. The molecular weight excluding hydrogens is 272 g/mol. The summed E-state index contributed by atoms with van der Waals surface area (Å²) in [6.07, 6.45) is 3.58. The topological polar surface area (TPSA) is 81.1 Å². The molecule has 2 fully saturated rings. The van der Waals surface area contributed by atoms with Crippen molar-refractivity contribution in [1.82, 2.24) is 9.80 Å². The maximum Gasteiger partial charge on any atom is 0.320 e. The Hall–Kier alpha value is -1.30. The van der Waals surface area contributed by atoms with Gasteiger partial charge in [-0.2, -0.15) is 0 Å². The molecule has 0 aromatic heterocycles. The van der Waals surface area contributed by atoms with Crippen molar-refractivity contribution < 1.29 is 19.8 Å². The number of aliphatic carboxylic acids is 1. The lowest BCUT2D eigenvalue weighted by molar-refractivity contribution is -0.150. The quantitative estimate of drug-likeness (QED) is 0.803. The molecular formula is C15H26N2O4. The van der Waals surface area contributed by atoms with Crippen LogP contribution in [0.5, 0.6) is 0 Å². The van der Waals surface area contributed by atoms with Crippen LogP contribution in [0.1, 0.15) is 39.5 Å². The van der Waals surface area contributed by atoms with E-state index in [4.69, 9.17) is 5.11 Å². The van der Waals surface area contributed by atoms with Crippen LogP contribution in [-0.2, 0) is 4.79 Å². The summed E-state index contributed by atoms with van der Waals surface area (Å²) in [5, 5.41) is 18.7. The van der Waals surface area contributed by atoms with E-state index in [1.165, 1.54) is 0 Å². The number of hydrogen-bond acceptors (Lipinski definition) is 3. The number of nitrogens with zero attached hydrogens (tertiary/aromatic N) is 2. The van der Waals surface area contributed by atoms with Crippen molar-refractivity contribution in [3.63, 3.8) is 0 Å². The number of urea groups is 1. The zero-order valence-electron chi connectivity index (χ0n) is 12.9. The van der Waals surface area contributed by atoms with Crippen LogP contribution in [-0.4, -0.2) is 64.3 Å². The highest BCUT2D eigenvalue weighted by molar-refractivity contribution is 5.80. The van der Waals surface area contributed by atoms with Crippen LogP contribution in [0.3, 0.4) is 0 Å². The first-order valence-electron chi connectivity index (χ1n) is 7.82. The number of rotatable bonds is 5. The Morgan fingerprint density at radius 3 is 2.43 bits per heavy atom. The van der Waals surface area contributed by atoms with E-state index in [2.05, 4.69) is 0 Å². The van der Waals surface area contributed by atoms with Crippen LogP contribution in [0, 0.1) is 11.3 Å². The van der Waals surface area contributed by atoms with Gasteiger partial charge in [0, 0.05) is 25.7 Å². The monoisotopic (exact) mass is 298 g/mol. The lowest BCUT2D eigenvalue weighted by Gasteiger charge is -2.39. The van der Waals surface area contributed by atoms with Gasteiger partial charge in [-0.1, -0.05) is 13.8 Å². The summed E-state index contributed by atoms with van der Waals surface area (Å²) in [5.74, 6) is -0.826. The van der Waals surface area contributed by atoms with Crippen LogP contribution in [0.2, 0.25) is 0 Å². The van der Waals surface area contributed by atoms with Crippen molar-refractivity contribution in [3.8, 4) is 0 Å². The fraction of sp³-hybridized carbons (Fsp3) is 0.867. The van der Waals surface area contributed by atoms with Crippen molar-refractivity contribution in [2.75, 3.05) is 26.2 Å². The van der Waals surface area contributed by atoms with Crippen LogP contribution in [0.4, 0.5) is 4.79 Å². The second-order valence-electron chi connectivity index (χ2n) is 6.57. The fourth-order valence-electron chi connectivity index (χ4n) is 3.31. The van der Waals surface area contributed by atoms with Crippen molar-refractivity contribution >= 4 is 12.0 Å². The van der Waals surface area contributed by atoms with Gasteiger partial charge in [-0.3, -0.25) is 4.79 Å². The number of carbonyl (C=O) groups is 2. The maximum atomic E-state index is 12.7. The summed E-state index contributed by atoms with van der Waals surface area (Å²) in [7, 11) is 0. The van der Waals surface area contributed by atoms with E-state index in [-0.39, 0.29) is 31.1 Å². The first kappa shape index (κ1) is 16.1. The zero-order chi connectivity index (χ0) is 15.6. The SMILES string of the molecule is CC(C)C1(C(=O)O)CCN(C(=O)N(CCO)C2CCC2)C1. The first-order chi connectivity index (χ1) is 9.92. The van der Waals surface area contributed by atoms with Gasteiger partial charge in [-0.15, -0.1) is 0 Å². The molecule has 0 spiro atoms. The number of likely N-dealkylation sites (tertiary alicyclic amines) is 1. The van der Waals surface area contributed by atoms with Crippen LogP contribution in [0.15, 0.2) is 0 Å². The summed E-state index contributed by atoms with van der Waals surface area (Å²) >= 11 is 0. The molecule has 1 heterocycles. The van der Waals surface area contributed by atoms with Gasteiger partial charge in [0.05, 0.1) is 12.0 Å². The number of amides is 2. The zero-order valence-corrected chi connectivity index (χ0v) is 12.9. The minimum atomic E-state index is -0.833. The summed E-state index contributed by atoms with van der Waals surface area (Å²) in [6, 6.07) is 0.0982. The minimum Gasteiger partial charge on any atom is -0.481 e. The number of aliphatic hydroxyl groups is 1. The summed E-state index contributed by atoms with van der Waals surface area (Å²) in [6.45, 7) is 4.84. The predicted molar refractivity (Wildman–Crippen MR) is 77.9 cm³/mol. The summed E-state index contributed by atoms with van der Waals surface area (Å²) < 4.78 is 0. The molecule has 2 aliphatic rings. The third kappa shape index (κ3) is 2.86. The lowest BCUT2D eigenvalue weighted by atomic mass is 9.76. The van der Waals surface area contributed by atoms with Crippen molar-refractivity contribution in [2.24, 2.45) is 11.3 Å². The van der Waals surface area contributed by atoms with Crippen LogP contribution >= 0.6 is 0 Å². The number of carboxylic acids is 1. The third-order valence-electron chi connectivity index (χ3n) is 5.20. The van der Waals surface area contributed by atoms with Gasteiger partial charge < -0.3 is 20.0 Å². The molecule has 1 aliphatic heterocycles. The van der Waals surface area contributed by atoms with Gasteiger partial charge in [0.2, 0.25) is 0 Å². The molecule has 0 aromatic rings. The Labute approximate surface area is 125 Å². The first-order valence-corrected chi connectivity index (χ1v) is 7.82. The van der Waals surface area contributed by atoms with E-state index in [0.717, 1.165) is 19.3 Å². The highest BCUT2D eigenvalue weighted by Crippen LogP contribution is 2.39. The molecule has 1 aliphatic carbocycles. The molecule has 1 saturated carbocycles. The van der Waals surface area contributed by atoms with Gasteiger partial charge in [-0.05, 0) is 31.6 Å². The molecule has 6 heteroatoms. The Morgan fingerprint density at radius 1 is 1.38 bits per heavy atom. The molecule has 1 unspecified atom stereocenters. The Balaban J connectivity index is 2.08. The molecule has 1 saturated heterocycles. The number of carbonyl (C=O) groups excluding carboxylic acids is 1. The van der Waals surface area contributed by atoms with Gasteiger partial charge in [0.15, 0.2) is 0 Å². The molecule has 0 bridgehead atoms. The fourth-order valence-corrected chi connectivity index (χ4v) is 3.31. The van der Waals surface area contributed by atoms with E-state index < -0.39 is 11.4 Å². The van der Waals surface area contributed by atoms with Gasteiger partial charge in [0.25, 0.3) is 0 Å². The highest BCUT2D eigenvalue weighted by Gasteiger charge is 2.49. The number of carboxylic acid groups (broad SMARTS) is 1. The molecule has 2 rings (SSSR count). The molecule has 120 valence electrons. The Bertz CT molecular complexity index is 408. The molecule has 21 heavy (non-hydrogen) atoms. The van der Waals surface area contributed by atoms with Gasteiger partial charge in [0.1, 0.15) is 0 Å². The maximum absolute atomic E-state index is 12.7. The number of aliphatic hydroxyl groups excluding tert-OH is 1.